The molecule has 0 spiro atoms. The molecule has 1 aromatic heterocycles. The fourth-order valence-electron chi connectivity index (χ4n) is 1.15. The molecule has 1 unspecified atom stereocenters. The number of halogens is 1. The van der Waals surface area contributed by atoms with Crippen LogP contribution >= 0.6 is 22.9 Å². The molecule has 1 atom stereocenters. The van der Waals surface area contributed by atoms with Gasteiger partial charge in [0.2, 0.25) is 0 Å². The van der Waals surface area contributed by atoms with Gasteiger partial charge in [0, 0.05) is 11.4 Å². The Morgan fingerprint density at radius 3 is 2.93 bits per heavy atom. The molecule has 80 valence electrons. The van der Waals surface area contributed by atoms with Crippen LogP contribution in [0.25, 0.3) is 0 Å². The first-order chi connectivity index (χ1) is 6.74. The highest BCUT2D eigenvalue weighted by molar-refractivity contribution is 7.16. The van der Waals surface area contributed by atoms with Crippen molar-refractivity contribution in [1.29, 1.82) is 0 Å². The van der Waals surface area contributed by atoms with Gasteiger partial charge in [-0.1, -0.05) is 24.9 Å². The van der Waals surface area contributed by atoms with Gasteiger partial charge in [-0.15, -0.1) is 11.3 Å². The van der Waals surface area contributed by atoms with E-state index >= 15 is 0 Å². The van der Waals surface area contributed by atoms with E-state index in [1.165, 1.54) is 17.8 Å². The third-order valence-corrected chi connectivity index (χ3v) is 3.30. The van der Waals surface area contributed by atoms with Gasteiger partial charge in [-0.05, 0) is 25.1 Å². The molecular formula is C10H16ClNOS. The summed E-state index contributed by atoms with van der Waals surface area (Å²) in [6.07, 6.45) is 1.90. The molecule has 1 rings (SSSR count). The lowest BCUT2D eigenvalue weighted by Crippen LogP contribution is -2.21. The third-order valence-electron chi connectivity index (χ3n) is 1.97. The van der Waals surface area contributed by atoms with Crippen molar-refractivity contribution in [3.05, 3.63) is 21.3 Å². The molecular weight excluding hydrogens is 218 g/mol. The summed E-state index contributed by atoms with van der Waals surface area (Å²) in [5.74, 6) is 0. The second-order valence-electron chi connectivity index (χ2n) is 3.22. The van der Waals surface area contributed by atoms with Crippen LogP contribution in [0, 0.1) is 0 Å². The van der Waals surface area contributed by atoms with E-state index in [0.717, 1.165) is 22.2 Å². The Bertz CT molecular complexity index is 264. The minimum absolute atomic E-state index is 0.427. The predicted molar refractivity (Wildman–Crippen MR) is 62.1 cm³/mol. The molecule has 0 saturated carbocycles. The fourth-order valence-corrected chi connectivity index (χ4v) is 2.20. The molecule has 14 heavy (non-hydrogen) atoms. The van der Waals surface area contributed by atoms with Crippen molar-refractivity contribution in [1.82, 2.24) is 5.32 Å². The van der Waals surface area contributed by atoms with Crippen molar-refractivity contribution in [2.75, 3.05) is 13.1 Å². The van der Waals surface area contributed by atoms with E-state index in [-0.39, 0.29) is 0 Å². The SMILES string of the molecule is CCCCNCC(O)c1ccc(Cl)s1. The topological polar surface area (TPSA) is 32.3 Å². The normalized spacial score (nSPS) is 13.1. The van der Waals surface area contributed by atoms with E-state index in [4.69, 9.17) is 11.6 Å². The van der Waals surface area contributed by atoms with Gasteiger partial charge in [-0.25, -0.2) is 0 Å². The van der Waals surface area contributed by atoms with Crippen LogP contribution in [0.15, 0.2) is 12.1 Å². The highest BCUT2D eigenvalue weighted by atomic mass is 35.5. The van der Waals surface area contributed by atoms with Gasteiger partial charge in [0.15, 0.2) is 0 Å². The number of nitrogens with one attached hydrogen (secondary N) is 1. The van der Waals surface area contributed by atoms with Gasteiger partial charge in [0.1, 0.15) is 6.10 Å². The second kappa shape index (κ2) is 6.40. The number of rotatable bonds is 6. The van der Waals surface area contributed by atoms with Crippen LogP contribution in [0.5, 0.6) is 0 Å². The van der Waals surface area contributed by atoms with Crippen LogP contribution < -0.4 is 5.32 Å². The van der Waals surface area contributed by atoms with Crippen LogP contribution in [0.1, 0.15) is 30.7 Å². The monoisotopic (exact) mass is 233 g/mol. The maximum Gasteiger partial charge on any atom is 0.101 e. The van der Waals surface area contributed by atoms with Crippen LogP contribution in [-0.4, -0.2) is 18.2 Å². The van der Waals surface area contributed by atoms with Gasteiger partial charge in [-0.3, -0.25) is 0 Å². The van der Waals surface area contributed by atoms with Crippen LogP contribution in [0.2, 0.25) is 4.34 Å². The first kappa shape index (κ1) is 12.0. The summed E-state index contributed by atoms with van der Waals surface area (Å²) < 4.78 is 0.729. The molecule has 0 radical (unpaired) electrons. The number of aliphatic hydroxyl groups is 1. The van der Waals surface area contributed by atoms with Crippen molar-refractivity contribution in [3.8, 4) is 0 Å². The van der Waals surface area contributed by atoms with E-state index < -0.39 is 6.10 Å². The molecule has 2 N–H and O–H groups in total. The number of aliphatic hydroxyl groups excluding tert-OH is 1. The van der Waals surface area contributed by atoms with Gasteiger partial charge >= 0.3 is 0 Å². The number of thiophene rings is 1. The summed E-state index contributed by atoms with van der Waals surface area (Å²) in [4.78, 5) is 0.930. The summed E-state index contributed by atoms with van der Waals surface area (Å²) in [7, 11) is 0. The predicted octanol–water partition coefficient (Wildman–Crippen LogP) is 2.82. The molecule has 0 fully saturated rings. The van der Waals surface area contributed by atoms with E-state index in [1.54, 1.807) is 0 Å². The number of unbranched alkanes of at least 4 members (excludes halogenated alkanes) is 1. The molecule has 0 aliphatic carbocycles. The smallest absolute Gasteiger partial charge is 0.101 e. The maximum absolute atomic E-state index is 9.72. The van der Waals surface area contributed by atoms with Gasteiger partial charge in [-0.2, -0.15) is 0 Å². The highest BCUT2D eigenvalue weighted by Crippen LogP contribution is 2.26. The summed E-state index contributed by atoms with van der Waals surface area (Å²) in [6, 6.07) is 3.69. The Morgan fingerprint density at radius 2 is 2.36 bits per heavy atom. The molecule has 1 heterocycles. The Balaban J connectivity index is 2.25. The molecule has 0 amide bonds. The average Bonchev–Trinajstić information content (AvgIpc) is 2.59. The molecule has 0 aromatic carbocycles. The Morgan fingerprint density at radius 1 is 1.57 bits per heavy atom. The standard InChI is InChI=1S/C10H16ClNOS/c1-2-3-6-12-7-8(13)9-4-5-10(11)14-9/h4-5,8,12-13H,2-3,6-7H2,1H3. The number of hydrogen-bond acceptors (Lipinski definition) is 3. The highest BCUT2D eigenvalue weighted by Gasteiger charge is 2.08. The quantitative estimate of drug-likeness (QED) is 0.741. The molecule has 2 nitrogen and oxygen atoms in total. The lowest BCUT2D eigenvalue weighted by atomic mass is 10.3. The van der Waals surface area contributed by atoms with Gasteiger partial charge in [0.05, 0.1) is 4.34 Å². The van der Waals surface area contributed by atoms with Crippen molar-refractivity contribution in [3.63, 3.8) is 0 Å². The molecule has 0 aliphatic rings. The van der Waals surface area contributed by atoms with Gasteiger partial charge in [0.25, 0.3) is 0 Å². The lowest BCUT2D eigenvalue weighted by molar-refractivity contribution is 0.178. The van der Waals surface area contributed by atoms with Crippen LogP contribution in [-0.2, 0) is 0 Å². The Hall–Kier alpha value is -0.0900. The zero-order chi connectivity index (χ0) is 10.4. The Kier molecular flexibility index (Phi) is 5.48. The van der Waals surface area contributed by atoms with E-state index in [1.807, 2.05) is 12.1 Å². The third kappa shape index (κ3) is 3.96. The average molecular weight is 234 g/mol. The minimum atomic E-state index is -0.427. The Labute approximate surface area is 93.9 Å². The first-order valence-electron chi connectivity index (χ1n) is 4.88. The first-order valence-corrected chi connectivity index (χ1v) is 6.07. The van der Waals surface area contributed by atoms with Gasteiger partial charge < -0.3 is 10.4 Å². The van der Waals surface area contributed by atoms with Crippen molar-refractivity contribution >= 4 is 22.9 Å². The van der Waals surface area contributed by atoms with Crippen LogP contribution in [0.3, 0.4) is 0 Å². The van der Waals surface area contributed by atoms with Crippen molar-refractivity contribution in [2.45, 2.75) is 25.9 Å². The molecule has 0 bridgehead atoms. The summed E-state index contributed by atoms with van der Waals surface area (Å²) in [5.41, 5.74) is 0. The fraction of sp³-hybridized carbons (Fsp3) is 0.600. The second-order valence-corrected chi connectivity index (χ2v) is 4.96. The minimum Gasteiger partial charge on any atom is -0.386 e. The molecule has 0 saturated heterocycles. The summed E-state index contributed by atoms with van der Waals surface area (Å²) in [5, 5.41) is 12.9. The maximum atomic E-state index is 9.72. The largest absolute Gasteiger partial charge is 0.386 e. The number of hydrogen-bond donors (Lipinski definition) is 2. The molecule has 4 heteroatoms. The van der Waals surface area contributed by atoms with E-state index in [0.29, 0.717) is 6.54 Å². The van der Waals surface area contributed by atoms with Crippen molar-refractivity contribution < 1.29 is 5.11 Å². The zero-order valence-corrected chi connectivity index (χ0v) is 9.87. The van der Waals surface area contributed by atoms with Crippen molar-refractivity contribution in [2.24, 2.45) is 0 Å². The molecule has 0 aliphatic heterocycles. The zero-order valence-electron chi connectivity index (χ0n) is 8.29. The van der Waals surface area contributed by atoms with E-state index in [2.05, 4.69) is 12.2 Å². The van der Waals surface area contributed by atoms with E-state index in [9.17, 15) is 5.11 Å². The summed E-state index contributed by atoms with van der Waals surface area (Å²) in [6.45, 7) is 3.72. The lowest BCUT2D eigenvalue weighted by Gasteiger charge is -2.09. The molecule has 1 aromatic rings. The van der Waals surface area contributed by atoms with Crippen LogP contribution in [0.4, 0.5) is 0 Å². The summed E-state index contributed by atoms with van der Waals surface area (Å²) >= 11 is 7.21.